The smallest absolute Gasteiger partial charge is 0.271 e. The van der Waals surface area contributed by atoms with Gasteiger partial charge in [0.1, 0.15) is 5.69 Å². The highest BCUT2D eigenvalue weighted by molar-refractivity contribution is 5.91. The average Bonchev–Trinajstić information content (AvgIpc) is 2.43. The van der Waals surface area contributed by atoms with Gasteiger partial charge in [-0.1, -0.05) is 13.8 Å². The number of aromatic amines is 1. The monoisotopic (exact) mass is 266 g/mol. The molecule has 1 aromatic rings. The average molecular weight is 266 g/mol. The molecule has 6 nitrogen and oxygen atoms in total. The molecule has 1 heterocycles. The first-order valence-corrected chi connectivity index (χ1v) is 6.73. The first-order chi connectivity index (χ1) is 9.17. The molecule has 1 amide bonds. The van der Waals surface area contributed by atoms with Gasteiger partial charge >= 0.3 is 0 Å². The van der Waals surface area contributed by atoms with Gasteiger partial charge in [0.15, 0.2) is 0 Å². The quantitative estimate of drug-likeness (QED) is 0.676. The molecule has 0 bridgehead atoms. The molecular formula is C13H22N4O2. The number of carbonyl (C=O) groups excluding carboxylic acids is 1. The summed E-state index contributed by atoms with van der Waals surface area (Å²) in [5.41, 5.74) is -0.0703. The zero-order valence-corrected chi connectivity index (χ0v) is 11.6. The highest BCUT2D eigenvalue weighted by atomic mass is 16.2. The molecule has 1 aromatic heterocycles. The fourth-order valence-electron chi connectivity index (χ4n) is 1.76. The SMILES string of the molecule is CCN(CC)CCCCNC(=O)c1ccc(=O)[nH]n1. The summed E-state index contributed by atoms with van der Waals surface area (Å²) in [5, 5.41) is 8.70. The number of nitrogens with zero attached hydrogens (tertiary/aromatic N) is 2. The highest BCUT2D eigenvalue weighted by Gasteiger charge is 2.06. The summed E-state index contributed by atoms with van der Waals surface area (Å²) in [6, 6.07) is 2.71. The zero-order chi connectivity index (χ0) is 14.1. The predicted molar refractivity (Wildman–Crippen MR) is 74.2 cm³/mol. The standard InChI is InChI=1S/C13H22N4O2/c1-3-17(4-2)10-6-5-9-14-13(19)11-7-8-12(18)16-15-11/h7-8H,3-6,9-10H2,1-2H3,(H,14,19)(H,16,18). The number of hydrogen-bond donors (Lipinski definition) is 2. The third-order valence-electron chi connectivity index (χ3n) is 2.99. The molecule has 0 aliphatic rings. The van der Waals surface area contributed by atoms with Crippen LogP contribution in [-0.2, 0) is 0 Å². The lowest BCUT2D eigenvalue weighted by Gasteiger charge is -2.17. The zero-order valence-electron chi connectivity index (χ0n) is 11.6. The van der Waals surface area contributed by atoms with Gasteiger partial charge in [-0.05, 0) is 38.5 Å². The molecular weight excluding hydrogens is 244 g/mol. The number of amides is 1. The molecule has 0 radical (unpaired) electrons. The number of nitrogens with one attached hydrogen (secondary N) is 2. The molecule has 0 atom stereocenters. The molecule has 6 heteroatoms. The number of carbonyl (C=O) groups is 1. The van der Waals surface area contributed by atoms with Gasteiger partial charge < -0.3 is 10.2 Å². The van der Waals surface area contributed by atoms with Gasteiger partial charge in [0, 0.05) is 12.6 Å². The summed E-state index contributed by atoms with van der Waals surface area (Å²) < 4.78 is 0. The van der Waals surface area contributed by atoms with Gasteiger partial charge in [0.05, 0.1) is 0 Å². The molecule has 0 saturated carbocycles. The minimum atomic E-state index is -0.309. The van der Waals surface area contributed by atoms with Gasteiger partial charge in [-0.25, -0.2) is 5.10 Å². The van der Waals surface area contributed by atoms with E-state index in [1.807, 2.05) is 0 Å². The van der Waals surface area contributed by atoms with Crippen LogP contribution in [0.1, 0.15) is 37.2 Å². The van der Waals surface area contributed by atoms with Crippen LogP contribution in [0, 0.1) is 0 Å². The Bertz CT molecular complexity index is 420. The summed E-state index contributed by atoms with van der Waals surface area (Å²) in [5.74, 6) is -0.251. The molecule has 0 unspecified atom stereocenters. The highest BCUT2D eigenvalue weighted by Crippen LogP contribution is 1.95. The van der Waals surface area contributed by atoms with E-state index in [4.69, 9.17) is 0 Å². The first-order valence-electron chi connectivity index (χ1n) is 6.73. The van der Waals surface area contributed by atoms with E-state index >= 15 is 0 Å². The molecule has 0 fully saturated rings. The predicted octanol–water partition coefficient (Wildman–Crippen LogP) is 0.622. The number of unbranched alkanes of at least 4 members (excludes halogenated alkanes) is 1. The Morgan fingerprint density at radius 3 is 2.63 bits per heavy atom. The summed E-state index contributed by atoms with van der Waals surface area (Å²) in [7, 11) is 0. The number of hydrogen-bond acceptors (Lipinski definition) is 4. The second kappa shape index (κ2) is 8.42. The minimum Gasteiger partial charge on any atom is -0.351 e. The lowest BCUT2D eigenvalue weighted by molar-refractivity contribution is 0.0946. The third kappa shape index (κ3) is 5.65. The Labute approximate surface area is 113 Å². The van der Waals surface area contributed by atoms with Crippen molar-refractivity contribution in [3.05, 3.63) is 28.2 Å². The molecule has 106 valence electrons. The Balaban J connectivity index is 2.20. The molecule has 19 heavy (non-hydrogen) atoms. The fourth-order valence-corrected chi connectivity index (χ4v) is 1.76. The van der Waals surface area contributed by atoms with Gasteiger partial charge in [-0.15, -0.1) is 0 Å². The van der Waals surface area contributed by atoms with Crippen molar-refractivity contribution in [1.82, 2.24) is 20.4 Å². The van der Waals surface area contributed by atoms with Crippen molar-refractivity contribution < 1.29 is 4.79 Å². The maximum atomic E-state index is 11.7. The van der Waals surface area contributed by atoms with Gasteiger partial charge in [-0.2, -0.15) is 5.10 Å². The topological polar surface area (TPSA) is 78.1 Å². The normalized spacial score (nSPS) is 10.7. The summed E-state index contributed by atoms with van der Waals surface area (Å²) >= 11 is 0. The summed E-state index contributed by atoms with van der Waals surface area (Å²) in [4.78, 5) is 24.8. The van der Waals surface area contributed by atoms with Crippen molar-refractivity contribution in [3.8, 4) is 0 Å². The van der Waals surface area contributed by atoms with Crippen LogP contribution in [0.3, 0.4) is 0 Å². The summed E-state index contributed by atoms with van der Waals surface area (Å²) in [6.07, 6.45) is 1.99. The van der Waals surface area contributed by atoms with Gasteiger partial charge in [-0.3, -0.25) is 9.59 Å². The van der Waals surface area contributed by atoms with Gasteiger partial charge in [0.25, 0.3) is 11.5 Å². The van der Waals surface area contributed by atoms with Crippen molar-refractivity contribution in [2.75, 3.05) is 26.2 Å². The molecule has 0 aliphatic heterocycles. The van der Waals surface area contributed by atoms with Crippen LogP contribution in [0.25, 0.3) is 0 Å². The molecule has 0 aliphatic carbocycles. The lowest BCUT2D eigenvalue weighted by atomic mass is 10.2. The van der Waals surface area contributed by atoms with Crippen molar-refractivity contribution in [2.45, 2.75) is 26.7 Å². The largest absolute Gasteiger partial charge is 0.351 e. The number of rotatable bonds is 8. The van der Waals surface area contributed by atoms with Crippen LogP contribution in [0.5, 0.6) is 0 Å². The maximum Gasteiger partial charge on any atom is 0.271 e. The molecule has 0 spiro atoms. The van der Waals surface area contributed by atoms with Crippen LogP contribution in [-0.4, -0.2) is 47.2 Å². The fraction of sp³-hybridized carbons (Fsp3) is 0.615. The first kappa shape index (κ1) is 15.4. The van der Waals surface area contributed by atoms with E-state index in [1.165, 1.54) is 12.1 Å². The van der Waals surface area contributed by atoms with Gasteiger partial charge in [0.2, 0.25) is 0 Å². The molecule has 2 N–H and O–H groups in total. The van der Waals surface area contributed by atoms with Crippen LogP contribution < -0.4 is 10.9 Å². The molecule has 0 aromatic carbocycles. The Morgan fingerprint density at radius 1 is 1.32 bits per heavy atom. The number of H-pyrrole nitrogens is 1. The molecule has 1 rings (SSSR count). The van der Waals surface area contributed by atoms with Crippen LogP contribution >= 0.6 is 0 Å². The second-order valence-corrected chi connectivity index (χ2v) is 4.30. The van der Waals surface area contributed by atoms with Crippen molar-refractivity contribution in [1.29, 1.82) is 0 Å². The van der Waals surface area contributed by atoms with E-state index in [1.54, 1.807) is 0 Å². The summed E-state index contributed by atoms with van der Waals surface area (Å²) in [6.45, 7) is 8.09. The Hall–Kier alpha value is -1.69. The van der Waals surface area contributed by atoms with Crippen molar-refractivity contribution in [3.63, 3.8) is 0 Å². The third-order valence-corrected chi connectivity index (χ3v) is 2.99. The maximum absolute atomic E-state index is 11.7. The van der Waals surface area contributed by atoms with Crippen molar-refractivity contribution in [2.24, 2.45) is 0 Å². The van der Waals surface area contributed by atoms with E-state index < -0.39 is 0 Å². The molecule has 0 saturated heterocycles. The van der Waals surface area contributed by atoms with E-state index in [2.05, 4.69) is 34.3 Å². The Kier molecular flexibility index (Phi) is 6.81. The second-order valence-electron chi connectivity index (χ2n) is 4.30. The van der Waals surface area contributed by atoms with Crippen LogP contribution in [0.15, 0.2) is 16.9 Å². The van der Waals surface area contributed by atoms with E-state index in [-0.39, 0.29) is 17.2 Å². The van der Waals surface area contributed by atoms with Crippen LogP contribution in [0.2, 0.25) is 0 Å². The van der Waals surface area contributed by atoms with Crippen LogP contribution in [0.4, 0.5) is 0 Å². The minimum absolute atomic E-state index is 0.239. The van der Waals surface area contributed by atoms with E-state index in [0.717, 1.165) is 32.5 Å². The van der Waals surface area contributed by atoms with E-state index in [0.29, 0.717) is 6.54 Å². The van der Waals surface area contributed by atoms with E-state index in [9.17, 15) is 9.59 Å². The number of aromatic nitrogens is 2. The Morgan fingerprint density at radius 2 is 2.05 bits per heavy atom. The lowest BCUT2D eigenvalue weighted by Crippen LogP contribution is -2.28. The van der Waals surface area contributed by atoms with Crippen molar-refractivity contribution >= 4 is 5.91 Å².